The number of aromatic amines is 1. The Hall–Kier alpha value is -1.50. The van der Waals surface area contributed by atoms with Crippen molar-refractivity contribution in [2.24, 2.45) is 0 Å². The Balaban J connectivity index is 1.94. The van der Waals surface area contributed by atoms with Crippen molar-refractivity contribution in [2.45, 2.75) is 39.3 Å². The van der Waals surface area contributed by atoms with E-state index in [1.54, 1.807) is 6.20 Å². The molecule has 1 N–H and O–H groups in total. The number of hydrogen-bond acceptors (Lipinski definition) is 4. The standard InChI is InChI=1S/C10H16N6S/c1-2-4-9-12-13-10(17)16(9)7-3-6-15-8-5-11-14-15/h5,8H,2-4,6-7H2,1H3,(H,13,17). The fourth-order valence-electron chi connectivity index (χ4n) is 1.74. The van der Waals surface area contributed by atoms with Gasteiger partial charge >= 0.3 is 0 Å². The van der Waals surface area contributed by atoms with Crippen LogP contribution in [0.4, 0.5) is 0 Å². The van der Waals surface area contributed by atoms with E-state index in [0.717, 1.165) is 38.2 Å². The molecule has 0 aromatic carbocycles. The molecular formula is C10H16N6S. The van der Waals surface area contributed by atoms with Gasteiger partial charge in [-0.15, -0.1) is 5.10 Å². The Kier molecular flexibility index (Phi) is 4.03. The third-order valence-corrected chi connectivity index (χ3v) is 2.86. The van der Waals surface area contributed by atoms with Gasteiger partial charge in [-0.1, -0.05) is 12.1 Å². The minimum Gasteiger partial charge on any atom is -0.304 e. The summed E-state index contributed by atoms with van der Waals surface area (Å²) in [6.45, 7) is 3.85. The molecular weight excluding hydrogens is 236 g/mol. The van der Waals surface area contributed by atoms with E-state index >= 15 is 0 Å². The largest absolute Gasteiger partial charge is 0.304 e. The second kappa shape index (κ2) is 5.72. The monoisotopic (exact) mass is 252 g/mol. The maximum atomic E-state index is 5.21. The number of nitrogens with one attached hydrogen (secondary N) is 1. The van der Waals surface area contributed by atoms with Gasteiger partial charge in [0.2, 0.25) is 0 Å². The zero-order chi connectivity index (χ0) is 12.1. The van der Waals surface area contributed by atoms with E-state index in [4.69, 9.17) is 12.2 Å². The fourth-order valence-corrected chi connectivity index (χ4v) is 1.98. The van der Waals surface area contributed by atoms with Crippen LogP contribution in [0, 0.1) is 4.77 Å². The number of aryl methyl sites for hydroxylation is 2. The molecule has 17 heavy (non-hydrogen) atoms. The lowest BCUT2D eigenvalue weighted by molar-refractivity contribution is 0.503. The molecule has 0 radical (unpaired) electrons. The highest BCUT2D eigenvalue weighted by Crippen LogP contribution is 2.03. The molecule has 2 rings (SSSR count). The van der Waals surface area contributed by atoms with Crippen molar-refractivity contribution < 1.29 is 0 Å². The first-order valence-electron chi connectivity index (χ1n) is 5.79. The zero-order valence-electron chi connectivity index (χ0n) is 9.83. The van der Waals surface area contributed by atoms with Crippen LogP contribution < -0.4 is 0 Å². The molecule has 0 saturated carbocycles. The minimum atomic E-state index is 0.701. The average molecular weight is 252 g/mol. The fraction of sp³-hybridized carbons (Fsp3) is 0.600. The second-order valence-corrected chi connectivity index (χ2v) is 4.25. The Bertz CT molecular complexity index is 497. The van der Waals surface area contributed by atoms with Crippen LogP contribution >= 0.6 is 12.2 Å². The third-order valence-electron chi connectivity index (χ3n) is 2.55. The first kappa shape index (κ1) is 12.0. The number of rotatable bonds is 6. The van der Waals surface area contributed by atoms with E-state index in [1.807, 2.05) is 10.9 Å². The van der Waals surface area contributed by atoms with Crippen molar-refractivity contribution in [1.82, 2.24) is 29.8 Å². The second-order valence-electron chi connectivity index (χ2n) is 3.87. The van der Waals surface area contributed by atoms with E-state index < -0.39 is 0 Å². The summed E-state index contributed by atoms with van der Waals surface area (Å²) in [5.41, 5.74) is 0. The molecule has 0 unspecified atom stereocenters. The molecule has 2 aromatic rings. The summed E-state index contributed by atoms with van der Waals surface area (Å²) < 4.78 is 4.59. The van der Waals surface area contributed by atoms with Crippen molar-refractivity contribution in [1.29, 1.82) is 0 Å². The quantitative estimate of drug-likeness (QED) is 0.793. The van der Waals surface area contributed by atoms with Gasteiger partial charge in [0.1, 0.15) is 5.82 Å². The summed E-state index contributed by atoms with van der Waals surface area (Å²) in [4.78, 5) is 0. The van der Waals surface area contributed by atoms with Crippen LogP contribution in [0.15, 0.2) is 12.4 Å². The Morgan fingerprint density at radius 1 is 1.41 bits per heavy atom. The summed E-state index contributed by atoms with van der Waals surface area (Å²) in [5.74, 6) is 1.04. The predicted molar refractivity (Wildman–Crippen MR) is 66.0 cm³/mol. The molecule has 6 nitrogen and oxygen atoms in total. The molecule has 0 spiro atoms. The van der Waals surface area contributed by atoms with Crippen LogP contribution in [-0.4, -0.2) is 29.8 Å². The molecule has 0 fully saturated rings. The van der Waals surface area contributed by atoms with E-state index in [1.165, 1.54) is 0 Å². The summed E-state index contributed by atoms with van der Waals surface area (Å²) in [7, 11) is 0. The lowest BCUT2D eigenvalue weighted by Gasteiger charge is -2.05. The SMILES string of the molecule is CCCc1n[nH]c(=S)n1CCCn1ccnn1. The van der Waals surface area contributed by atoms with Crippen LogP contribution in [0.3, 0.4) is 0 Å². The Labute approximate surface area is 105 Å². The summed E-state index contributed by atoms with van der Waals surface area (Å²) in [6, 6.07) is 0. The molecule has 0 saturated heterocycles. The zero-order valence-corrected chi connectivity index (χ0v) is 10.7. The maximum Gasteiger partial charge on any atom is 0.195 e. The van der Waals surface area contributed by atoms with Gasteiger partial charge < -0.3 is 4.57 Å². The van der Waals surface area contributed by atoms with Crippen LogP contribution in [-0.2, 0) is 19.5 Å². The van der Waals surface area contributed by atoms with Gasteiger partial charge in [0.05, 0.1) is 6.20 Å². The van der Waals surface area contributed by atoms with Gasteiger partial charge in [-0.3, -0.25) is 9.78 Å². The van der Waals surface area contributed by atoms with Crippen LogP contribution in [0.5, 0.6) is 0 Å². The summed E-state index contributed by atoms with van der Waals surface area (Å²) in [6.07, 6.45) is 6.54. The number of H-pyrrole nitrogens is 1. The number of aromatic nitrogens is 6. The maximum absolute atomic E-state index is 5.21. The van der Waals surface area contributed by atoms with E-state index in [0.29, 0.717) is 4.77 Å². The molecule has 0 aliphatic carbocycles. The van der Waals surface area contributed by atoms with Gasteiger partial charge in [-0.2, -0.15) is 5.10 Å². The van der Waals surface area contributed by atoms with Crippen molar-refractivity contribution in [2.75, 3.05) is 0 Å². The molecule has 7 heteroatoms. The highest BCUT2D eigenvalue weighted by molar-refractivity contribution is 7.71. The van der Waals surface area contributed by atoms with Crippen LogP contribution in [0.1, 0.15) is 25.6 Å². The van der Waals surface area contributed by atoms with E-state index in [9.17, 15) is 0 Å². The van der Waals surface area contributed by atoms with Crippen molar-refractivity contribution >= 4 is 12.2 Å². The molecule has 0 aliphatic heterocycles. The Morgan fingerprint density at radius 3 is 3.00 bits per heavy atom. The molecule has 0 bridgehead atoms. The Morgan fingerprint density at radius 2 is 2.29 bits per heavy atom. The van der Waals surface area contributed by atoms with E-state index in [2.05, 4.69) is 32.0 Å². The van der Waals surface area contributed by atoms with Crippen LogP contribution in [0.2, 0.25) is 0 Å². The third kappa shape index (κ3) is 3.00. The number of nitrogens with zero attached hydrogens (tertiary/aromatic N) is 5. The van der Waals surface area contributed by atoms with Gasteiger partial charge in [0.25, 0.3) is 0 Å². The summed E-state index contributed by atoms with van der Waals surface area (Å²) >= 11 is 5.21. The first-order valence-corrected chi connectivity index (χ1v) is 6.20. The highest BCUT2D eigenvalue weighted by atomic mass is 32.1. The lowest BCUT2D eigenvalue weighted by atomic mass is 10.3. The molecule has 0 atom stereocenters. The summed E-state index contributed by atoms with van der Waals surface area (Å²) in [5, 5.41) is 14.8. The van der Waals surface area contributed by atoms with Gasteiger partial charge in [-0.05, 0) is 25.1 Å². The molecule has 0 aliphatic rings. The molecule has 2 heterocycles. The van der Waals surface area contributed by atoms with E-state index in [-0.39, 0.29) is 0 Å². The topological polar surface area (TPSA) is 64.3 Å². The average Bonchev–Trinajstić information content (AvgIpc) is 2.93. The first-order chi connectivity index (χ1) is 8.31. The normalized spacial score (nSPS) is 10.9. The number of hydrogen-bond donors (Lipinski definition) is 1. The minimum absolute atomic E-state index is 0.701. The van der Waals surface area contributed by atoms with Crippen molar-refractivity contribution in [3.05, 3.63) is 23.0 Å². The van der Waals surface area contributed by atoms with Crippen molar-refractivity contribution in [3.8, 4) is 0 Å². The smallest absolute Gasteiger partial charge is 0.195 e. The lowest BCUT2D eigenvalue weighted by Crippen LogP contribution is -2.08. The van der Waals surface area contributed by atoms with Gasteiger partial charge in [0.15, 0.2) is 4.77 Å². The van der Waals surface area contributed by atoms with Gasteiger partial charge in [0, 0.05) is 25.7 Å². The molecule has 0 amide bonds. The predicted octanol–water partition coefficient (Wildman–Crippen LogP) is 1.57. The molecule has 92 valence electrons. The highest BCUT2D eigenvalue weighted by Gasteiger charge is 2.04. The molecule has 2 aromatic heterocycles. The van der Waals surface area contributed by atoms with Crippen molar-refractivity contribution in [3.63, 3.8) is 0 Å². The van der Waals surface area contributed by atoms with Crippen LogP contribution in [0.25, 0.3) is 0 Å². The van der Waals surface area contributed by atoms with Gasteiger partial charge in [-0.25, -0.2) is 0 Å².